The number of ether oxygens (including phenoxy) is 1. The van der Waals surface area contributed by atoms with Gasteiger partial charge in [0, 0.05) is 32.6 Å². The first kappa shape index (κ1) is 14.4. The summed E-state index contributed by atoms with van der Waals surface area (Å²) in [4.78, 5) is 15.8. The van der Waals surface area contributed by atoms with Crippen molar-refractivity contribution >= 4 is 11.6 Å². The second-order valence-electron chi connectivity index (χ2n) is 3.99. The first-order valence-electron chi connectivity index (χ1n) is 6.24. The average Bonchev–Trinajstić information content (AvgIpc) is 2.39. The highest BCUT2D eigenvalue weighted by Crippen LogP contribution is 2.07. The van der Waals surface area contributed by atoms with Crippen LogP contribution in [0.2, 0.25) is 0 Å². The maximum absolute atomic E-state index is 11.8. The minimum atomic E-state index is -0.0775. The molecule has 18 heavy (non-hydrogen) atoms. The molecule has 0 spiro atoms. The lowest BCUT2D eigenvalue weighted by Crippen LogP contribution is -2.24. The number of aromatic nitrogens is 1. The number of methoxy groups -OCH3 is 1. The Bertz CT molecular complexity index is 369. The van der Waals surface area contributed by atoms with Gasteiger partial charge in [-0.05, 0) is 12.5 Å². The van der Waals surface area contributed by atoms with E-state index < -0.39 is 0 Å². The number of hydrogen-bond donors (Lipinski definition) is 2. The molecule has 0 aliphatic heterocycles. The van der Waals surface area contributed by atoms with E-state index in [0.29, 0.717) is 25.3 Å². The van der Waals surface area contributed by atoms with E-state index in [1.807, 2.05) is 0 Å². The fraction of sp³-hybridized carbons (Fsp3) is 0.538. The topological polar surface area (TPSA) is 63.2 Å². The number of rotatable bonds is 8. The van der Waals surface area contributed by atoms with Crippen LogP contribution < -0.4 is 10.6 Å². The van der Waals surface area contributed by atoms with Crippen molar-refractivity contribution in [2.75, 3.05) is 32.1 Å². The molecule has 0 fully saturated rings. The molecular weight excluding hydrogens is 230 g/mol. The minimum absolute atomic E-state index is 0.0775. The fourth-order valence-electron chi connectivity index (χ4n) is 1.44. The predicted molar refractivity (Wildman–Crippen MR) is 71.8 cm³/mol. The van der Waals surface area contributed by atoms with Crippen LogP contribution in [-0.2, 0) is 4.74 Å². The van der Waals surface area contributed by atoms with E-state index in [4.69, 9.17) is 4.74 Å². The molecule has 1 aromatic rings. The lowest BCUT2D eigenvalue weighted by molar-refractivity contribution is 0.0953. The third kappa shape index (κ3) is 5.14. The Morgan fingerprint density at radius 1 is 1.39 bits per heavy atom. The largest absolute Gasteiger partial charge is 0.383 e. The van der Waals surface area contributed by atoms with E-state index >= 15 is 0 Å². The fourth-order valence-corrected chi connectivity index (χ4v) is 1.44. The normalized spacial score (nSPS) is 10.1. The molecule has 100 valence electrons. The molecule has 5 heteroatoms. The number of hydrogen-bond acceptors (Lipinski definition) is 4. The molecule has 1 amide bonds. The van der Waals surface area contributed by atoms with Crippen molar-refractivity contribution in [3.63, 3.8) is 0 Å². The molecule has 0 aliphatic rings. The van der Waals surface area contributed by atoms with Crippen LogP contribution in [0.25, 0.3) is 0 Å². The smallest absolute Gasteiger partial charge is 0.252 e. The van der Waals surface area contributed by atoms with Gasteiger partial charge in [0.1, 0.15) is 0 Å². The van der Waals surface area contributed by atoms with Gasteiger partial charge in [-0.1, -0.05) is 13.3 Å². The van der Waals surface area contributed by atoms with Gasteiger partial charge in [-0.25, -0.2) is 0 Å². The molecular formula is C13H21N3O2. The van der Waals surface area contributed by atoms with Gasteiger partial charge in [0.05, 0.1) is 17.9 Å². The number of nitrogens with zero attached hydrogens (tertiary/aromatic N) is 1. The Kier molecular flexibility index (Phi) is 6.79. The van der Waals surface area contributed by atoms with Gasteiger partial charge >= 0.3 is 0 Å². The first-order chi connectivity index (χ1) is 8.77. The van der Waals surface area contributed by atoms with E-state index in [0.717, 1.165) is 18.5 Å². The molecule has 0 bridgehead atoms. The summed E-state index contributed by atoms with van der Waals surface area (Å²) in [6.45, 7) is 4.11. The maximum Gasteiger partial charge on any atom is 0.252 e. The van der Waals surface area contributed by atoms with Crippen LogP contribution in [0.1, 0.15) is 30.1 Å². The molecule has 0 atom stereocenters. The van der Waals surface area contributed by atoms with Crippen molar-refractivity contribution in [3.8, 4) is 0 Å². The van der Waals surface area contributed by atoms with Crippen LogP contribution in [-0.4, -0.2) is 37.7 Å². The zero-order valence-corrected chi connectivity index (χ0v) is 11.0. The molecule has 0 radical (unpaired) electrons. The second-order valence-corrected chi connectivity index (χ2v) is 3.99. The van der Waals surface area contributed by atoms with Crippen LogP contribution >= 0.6 is 0 Å². The highest BCUT2D eigenvalue weighted by atomic mass is 16.5. The van der Waals surface area contributed by atoms with Crippen molar-refractivity contribution in [1.29, 1.82) is 0 Å². The maximum atomic E-state index is 11.8. The van der Waals surface area contributed by atoms with Crippen LogP contribution in [0.3, 0.4) is 0 Å². The molecule has 0 saturated heterocycles. The summed E-state index contributed by atoms with van der Waals surface area (Å²) in [5.41, 5.74) is 1.41. The molecule has 0 saturated carbocycles. The molecule has 2 N–H and O–H groups in total. The molecule has 1 rings (SSSR count). The first-order valence-corrected chi connectivity index (χ1v) is 6.24. The summed E-state index contributed by atoms with van der Waals surface area (Å²) in [5.74, 6) is -0.0775. The van der Waals surface area contributed by atoms with Crippen LogP contribution in [0, 0.1) is 0 Å². The number of carbonyl (C=O) groups is 1. The summed E-state index contributed by atoms with van der Waals surface area (Å²) in [6.07, 6.45) is 5.32. The average molecular weight is 251 g/mol. The van der Waals surface area contributed by atoms with Gasteiger partial charge in [0.25, 0.3) is 5.91 Å². The number of pyridine rings is 1. The van der Waals surface area contributed by atoms with E-state index in [-0.39, 0.29) is 5.91 Å². The Labute approximate surface area is 108 Å². The minimum Gasteiger partial charge on any atom is -0.383 e. The highest BCUT2D eigenvalue weighted by molar-refractivity contribution is 5.94. The summed E-state index contributed by atoms with van der Waals surface area (Å²) < 4.78 is 4.94. The summed E-state index contributed by atoms with van der Waals surface area (Å²) >= 11 is 0. The van der Waals surface area contributed by atoms with Gasteiger partial charge in [-0.15, -0.1) is 0 Å². The van der Waals surface area contributed by atoms with Gasteiger partial charge in [0.2, 0.25) is 0 Å². The number of unbranched alkanes of at least 4 members (excludes halogenated alkanes) is 1. The van der Waals surface area contributed by atoms with E-state index in [1.54, 1.807) is 25.6 Å². The Hall–Kier alpha value is -1.62. The van der Waals surface area contributed by atoms with Gasteiger partial charge in [-0.3, -0.25) is 9.78 Å². The van der Waals surface area contributed by atoms with Crippen molar-refractivity contribution in [2.24, 2.45) is 0 Å². The standard InChI is InChI=1S/C13H21N3O2/c1-3-4-5-16-13(17)11-8-12(10-14-9-11)15-6-7-18-2/h8-10,15H,3-7H2,1-2H3,(H,16,17). The molecule has 0 aromatic carbocycles. The van der Waals surface area contributed by atoms with Crippen LogP contribution in [0.5, 0.6) is 0 Å². The lowest BCUT2D eigenvalue weighted by Gasteiger charge is -2.07. The molecule has 1 aromatic heterocycles. The van der Waals surface area contributed by atoms with E-state index in [9.17, 15) is 4.79 Å². The Morgan fingerprint density at radius 2 is 2.22 bits per heavy atom. The Morgan fingerprint density at radius 3 is 2.94 bits per heavy atom. The molecule has 0 aliphatic carbocycles. The number of carbonyl (C=O) groups excluding carboxylic acids is 1. The summed E-state index contributed by atoms with van der Waals surface area (Å²) in [6, 6.07) is 1.80. The van der Waals surface area contributed by atoms with Crippen molar-refractivity contribution in [2.45, 2.75) is 19.8 Å². The van der Waals surface area contributed by atoms with Crippen molar-refractivity contribution in [3.05, 3.63) is 24.0 Å². The van der Waals surface area contributed by atoms with E-state index in [2.05, 4.69) is 22.5 Å². The SMILES string of the molecule is CCCCNC(=O)c1cncc(NCCOC)c1. The van der Waals surface area contributed by atoms with E-state index in [1.165, 1.54) is 0 Å². The van der Waals surface area contributed by atoms with Crippen molar-refractivity contribution in [1.82, 2.24) is 10.3 Å². The number of nitrogens with one attached hydrogen (secondary N) is 2. The monoisotopic (exact) mass is 251 g/mol. The lowest BCUT2D eigenvalue weighted by atomic mass is 10.2. The molecule has 1 heterocycles. The van der Waals surface area contributed by atoms with Gasteiger partial charge in [-0.2, -0.15) is 0 Å². The number of anilines is 1. The zero-order valence-electron chi connectivity index (χ0n) is 11.0. The molecule has 5 nitrogen and oxygen atoms in total. The zero-order chi connectivity index (χ0) is 13.2. The third-order valence-corrected chi connectivity index (χ3v) is 2.45. The van der Waals surface area contributed by atoms with Crippen LogP contribution in [0.4, 0.5) is 5.69 Å². The predicted octanol–water partition coefficient (Wildman–Crippen LogP) is 1.67. The van der Waals surface area contributed by atoms with Crippen molar-refractivity contribution < 1.29 is 9.53 Å². The second kappa shape index (κ2) is 8.47. The van der Waals surface area contributed by atoms with Crippen LogP contribution in [0.15, 0.2) is 18.5 Å². The Balaban J connectivity index is 2.49. The number of amides is 1. The third-order valence-electron chi connectivity index (χ3n) is 2.45. The highest BCUT2D eigenvalue weighted by Gasteiger charge is 2.05. The van der Waals surface area contributed by atoms with Gasteiger partial charge < -0.3 is 15.4 Å². The molecule has 0 unspecified atom stereocenters. The quantitative estimate of drug-likeness (QED) is 0.690. The summed E-state index contributed by atoms with van der Waals surface area (Å²) in [7, 11) is 1.65. The van der Waals surface area contributed by atoms with Gasteiger partial charge in [0.15, 0.2) is 0 Å². The summed E-state index contributed by atoms with van der Waals surface area (Å²) in [5, 5.41) is 6.00.